The quantitative estimate of drug-likeness (QED) is 0.664. The van der Waals surface area contributed by atoms with E-state index in [4.69, 9.17) is 0 Å². The molecule has 0 aromatic carbocycles. The average molecular weight is 214 g/mol. The van der Waals surface area contributed by atoms with Gasteiger partial charge in [-0.3, -0.25) is 9.59 Å². The normalized spacial score (nSPS) is 9.87. The summed E-state index contributed by atoms with van der Waals surface area (Å²) in [6.45, 7) is 4.85. The van der Waals surface area contributed by atoms with Gasteiger partial charge in [0, 0.05) is 27.1 Å². The Morgan fingerprint density at radius 1 is 1.00 bits per heavy atom. The Labute approximate surface area is 92.2 Å². The highest BCUT2D eigenvalue weighted by Gasteiger charge is 2.16. The lowest BCUT2D eigenvalue weighted by Gasteiger charge is -2.23. The van der Waals surface area contributed by atoms with Gasteiger partial charge in [0.1, 0.15) is 0 Å². The SMILES string of the molecule is CCCC(=O)N(CCC)CC(=O)N(C)C. The van der Waals surface area contributed by atoms with Crippen LogP contribution in [-0.2, 0) is 9.59 Å². The first-order valence-corrected chi connectivity index (χ1v) is 5.50. The topological polar surface area (TPSA) is 40.6 Å². The molecule has 88 valence electrons. The van der Waals surface area contributed by atoms with Gasteiger partial charge in [0.15, 0.2) is 0 Å². The van der Waals surface area contributed by atoms with Gasteiger partial charge in [-0.25, -0.2) is 0 Å². The van der Waals surface area contributed by atoms with Gasteiger partial charge in [-0.15, -0.1) is 0 Å². The van der Waals surface area contributed by atoms with Gasteiger partial charge >= 0.3 is 0 Å². The van der Waals surface area contributed by atoms with Crippen LogP contribution in [-0.4, -0.2) is 48.8 Å². The molecular weight excluding hydrogens is 192 g/mol. The third-order valence-corrected chi connectivity index (χ3v) is 2.14. The van der Waals surface area contributed by atoms with Crippen molar-refractivity contribution < 1.29 is 9.59 Å². The highest BCUT2D eigenvalue weighted by atomic mass is 16.2. The van der Waals surface area contributed by atoms with E-state index in [0.29, 0.717) is 13.0 Å². The molecule has 0 fully saturated rings. The summed E-state index contributed by atoms with van der Waals surface area (Å²) in [5.74, 6) is 0.0578. The van der Waals surface area contributed by atoms with Crippen LogP contribution in [0.25, 0.3) is 0 Å². The molecule has 2 amide bonds. The number of likely N-dealkylation sites (N-methyl/N-ethyl adjacent to an activating group) is 1. The molecule has 0 radical (unpaired) electrons. The van der Waals surface area contributed by atoms with E-state index < -0.39 is 0 Å². The smallest absolute Gasteiger partial charge is 0.241 e. The summed E-state index contributed by atoms with van der Waals surface area (Å²) in [5, 5.41) is 0. The minimum Gasteiger partial charge on any atom is -0.347 e. The number of hydrogen-bond donors (Lipinski definition) is 0. The van der Waals surface area contributed by atoms with Crippen LogP contribution < -0.4 is 0 Å². The lowest BCUT2D eigenvalue weighted by atomic mass is 10.2. The first-order valence-electron chi connectivity index (χ1n) is 5.50. The van der Waals surface area contributed by atoms with E-state index in [0.717, 1.165) is 12.8 Å². The van der Waals surface area contributed by atoms with Crippen LogP contribution in [0.2, 0.25) is 0 Å². The Bertz CT molecular complexity index is 215. The van der Waals surface area contributed by atoms with E-state index in [-0.39, 0.29) is 18.4 Å². The molecule has 0 unspecified atom stereocenters. The first-order chi connectivity index (χ1) is 7.02. The summed E-state index contributed by atoms with van der Waals surface area (Å²) in [5.41, 5.74) is 0. The standard InChI is InChI=1S/C11H22N2O2/c1-5-7-10(14)13(8-6-2)9-11(15)12(3)4/h5-9H2,1-4H3. The van der Waals surface area contributed by atoms with E-state index >= 15 is 0 Å². The number of carbonyl (C=O) groups excluding carboxylic acids is 2. The monoisotopic (exact) mass is 214 g/mol. The third-order valence-electron chi connectivity index (χ3n) is 2.14. The second-order valence-corrected chi connectivity index (χ2v) is 3.85. The summed E-state index contributed by atoms with van der Waals surface area (Å²) in [6, 6.07) is 0. The van der Waals surface area contributed by atoms with Gasteiger partial charge in [0.05, 0.1) is 6.54 Å². The number of rotatable bonds is 6. The summed E-state index contributed by atoms with van der Waals surface area (Å²) >= 11 is 0. The minimum absolute atomic E-state index is 0.0205. The minimum atomic E-state index is -0.0205. The molecule has 4 nitrogen and oxygen atoms in total. The molecular formula is C11H22N2O2. The maximum absolute atomic E-state index is 11.6. The van der Waals surface area contributed by atoms with Crippen molar-refractivity contribution in [2.24, 2.45) is 0 Å². The van der Waals surface area contributed by atoms with Gasteiger partial charge in [-0.2, -0.15) is 0 Å². The van der Waals surface area contributed by atoms with Crippen molar-refractivity contribution >= 4 is 11.8 Å². The molecule has 0 atom stereocenters. The van der Waals surface area contributed by atoms with E-state index in [1.165, 1.54) is 4.90 Å². The Hall–Kier alpha value is -1.06. The van der Waals surface area contributed by atoms with E-state index in [2.05, 4.69) is 0 Å². The lowest BCUT2D eigenvalue weighted by Crippen LogP contribution is -2.40. The van der Waals surface area contributed by atoms with Gasteiger partial charge in [0.25, 0.3) is 0 Å². The molecule has 0 aromatic rings. The maximum atomic E-state index is 11.6. The Kier molecular flexibility index (Phi) is 6.75. The van der Waals surface area contributed by atoms with Crippen LogP contribution in [0.15, 0.2) is 0 Å². The predicted octanol–water partition coefficient (Wildman–Crippen LogP) is 1.11. The molecule has 0 bridgehead atoms. The molecule has 15 heavy (non-hydrogen) atoms. The van der Waals surface area contributed by atoms with Crippen LogP contribution in [0.3, 0.4) is 0 Å². The van der Waals surface area contributed by atoms with Crippen molar-refractivity contribution in [3.8, 4) is 0 Å². The Morgan fingerprint density at radius 3 is 2.00 bits per heavy atom. The maximum Gasteiger partial charge on any atom is 0.241 e. The predicted molar refractivity (Wildman–Crippen MR) is 60.5 cm³/mol. The highest BCUT2D eigenvalue weighted by molar-refractivity contribution is 5.84. The second-order valence-electron chi connectivity index (χ2n) is 3.85. The largest absolute Gasteiger partial charge is 0.347 e. The molecule has 0 aliphatic heterocycles. The van der Waals surface area contributed by atoms with Gasteiger partial charge in [-0.1, -0.05) is 13.8 Å². The van der Waals surface area contributed by atoms with E-state index in [1.54, 1.807) is 19.0 Å². The van der Waals surface area contributed by atoms with Crippen LogP contribution in [0.5, 0.6) is 0 Å². The molecule has 0 aliphatic carbocycles. The van der Waals surface area contributed by atoms with E-state index in [1.807, 2.05) is 13.8 Å². The third kappa shape index (κ3) is 5.40. The zero-order valence-corrected chi connectivity index (χ0v) is 10.2. The second kappa shape index (κ2) is 7.26. The number of hydrogen-bond acceptors (Lipinski definition) is 2. The summed E-state index contributed by atoms with van der Waals surface area (Å²) in [4.78, 5) is 26.3. The molecule has 0 saturated carbocycles. The zero-order valence-electron chi connectivity index (χ0n) is 10.2. The van der Waals surface area contributed by atoms with Crippen molar-refractivity contribution in [1.82, 2.24) is 9.80 Å². The van der Waals surface area contributed by atoms with Crippen LogP contribution in [0.4, 0.5) is 0 Å². The van der Waals surface area contributed by atoms with Crippen LogP contribution in [0, 0.1) is 0 Å². The van der Waals surface area contributed by atoms with Crippen molar-refractivity contribution in [3.63, 3.8) is 0 Å². The summed E-state index contributed by atoms with van der Waals surface area (Å²) in [6.07, 6.45) is 2.24. The van der Waals surface area contributed by atoms with Crippen molar-refractivity contribution in [2.45, 2.75) is 33.1 Å². The van der Waals surface area contributed by atoms with Gasteiger partial charge < -0.3 is 9.80 Å². The molecule has 0 heterocycles. The molecule has 0 aromatic heterocycles. The van der Waals surface area contributed by atoms with Gasteiger partial charge in [0.2, 0.25) is 11.8 Å². The molecule has 0 N–H and O–H groups in total. The number of amides is 2. The molecule has 0 spiro atoms. The molecule has 4 heteroatoms. The average Bonchev–Trinajstić information content (AvgIpc) is 2.17. The number of nitrogens with zero attached hydrogens (tertiary/aromatic N) is 2. The van der Waals surface area contributed by atoms with Crippen LogP contribution >= 0.6 is 0 Å². The van der Waals surface area contributed by atoms with Crippen molar-refractivity contribution in [3.05, 3.63) is 0 Å². The van der Waals surface area contributed by atoms with Crippen molar-refractivity contribution in [2.75, 3.05) is 27.2 Å². The first kappa shape index (κ1) is 13.9. The Morgan fingerprint density at radius 2 is 1.60 bits per heavy atom. The fraction of sp³-hybridized carbons (Fsp3) is 0.818. The van der Waals surface area contributed by atoms with Crippen molar-refractivity contribution in [1.29, 1.82) is 0 Å². The molecule has 0 saturated heterocycles. The summed E-state index contributed by atoms with van der Waals surface area (Å²) < 4.78 is 0. The summed E-state index contributed by atoms with van der Waals surface area (Å²) in [7, 11) is 3.41. The highest BCUT2D eigenvalue weighted by Crippen LogP contribution is 2.00. The zero-order chi connectivity index (χ0) is 11.8. The molecule has 0 rings (SSSR count). The van der Waals surface area contributed by atoms with Crippen LogP contribution in [0.1, 0.15) is 33.1 Å². The fourth-order valence-corrected chi connectivity index (χ4v) is 1.24. The van der Waals surface area contributed by atoms with Gasteiger partial charge in [-0.05, 0) is 12.8 Å². The fourth-order valence-electron chi connectivity index (χ4n) is 1.24. The lowest BCUT2D eigenvalue weighted by molar-refractivity contribution is -0.139. The molecule has 0 aliphatic rings. The Balaban J connectivity index is 4.26. The number of carbonyl (C=O) groups is 2. The van der Waals surface area contributed by atoms with E-state index in [9.17, 15) is 9.59 Å².